The molecule has 0 aliphatic heterocycles. The van der Waals surface area contributed by atoms with Crippen LogP contribution in [-0.4, -0.2) is 34.8 Å². The molecule has 0 aromatic carbocycles. The Kier molecular flexibility index (Phi) is 6.22. The predicted molar refractivity (Wildman–Crippen MR) is 75.8 cm³/mol. The Morgan fingerprint density at radius 1 is 1.50 bits per heavy atom. The van der Waals surface area contributed by atoms with E-state index < -0.39 is 23.7 Å². The lowest BCUT2D eigenvalue weighted by Crippen LogP contribution is -2.45. The van der Waals surface area contributed by atoms with E-state index in [4.69, 9.17) is 21.1 Å². The van der Waals surface area contributed by atoms with Gasteiger partial charge >= 0.3 is 12.1 Å². The molecule has 8 heteroatoms. The number of carbonyl (C=O) groups is 2. The van der Waals surface area contributed by atoms with Crippen molar-refractivity contribution in [3.8, 4) is 0 Å². The molecular weight excluding hydrogens is 304 g/mol. The maximum atomic E-state index is 11.8. The number of ether oxygens (including phenoxy) is 2. The highest BCUT2D eigenvalue weighted by Gasteiger charge is 2.26. The van der Waals surface area contributed by atoms with Gasteiger partial charge in [0.05, 0.1) is 5.01 Å². The van der Waals surface area contributed by atoms with Gasteiger partial charge < -0.3 is 14.8 Å². The predicted octanol–water partition coefficient (Wildman–Crippen LogP) is 2.32. The number of alkyl carbamates (subject to hydrolysis) is 1. The summed E-state index contributed by atoms with van der Waals surface area (Å²) in [7, 11) is 0. The van der Waals surface area contributed by atoms with Gasteiger partial charge in [-0.2, -0.15) is 0 Å². The molecule has 0 spiro atoms. The van der Waals surface area contributed by atoms with Crippen molar-refractivity contribution in [1.29, 1.82) is 0 Å². The summed E-state index contributed by atoms with van der Waals surface area (Å²) in [6.07, 6.45) is 1.16. The van der Waals surface area contributed by atoms with E-state index in [0.29, 0.717) is 5.01 Å². The van der Waals surface area contributed by atoms with E-state index in [2.05, 4.69) is 10.3 Å². The van der Waals surface area contributed by atoms with Crippen LogP contribution < -0.4 is 5.32 Å². The monoisotopic (exact) mass is 320 g/mol. The fraction of sp³-hybridized carbons (Fsp3) is 0.583. The molecule has 0 aliphatic carbocycles. The molecule has 1 aromatic heterocycles. The summed E-state index contributed by atoms with van der Waals surface area (Å²) in [5.41, 5.74) is -0.647. The topological polar surface area (TPSA) is 77.5 Å². The van der Waals surface area contributed by atoms with Crippen LogP contribution in [0.5, 0.6) is 0 Å². The van der Waals surface area contributed by atoms with Crippen LogP contribution in [0.3, 0.4) is 0 Å². The SMILES string of the molecule is CC(C)(C)OC(=O)NC(Cc1nccs1)C(=O)OCCl. The Morgan fingerprint density at radius 2 is 2.20 bits per heavy atom. The third kappa shape index (κ3) is 6.21. The Hall–Kier alpha value is -1.34. The van der Waals surface area contributed by atoms with Gasteiger partial charge in [0.25, 0.3) is 0 Å². The van der Waals surface area contributed by atoms with E-state index in [0.717, 1.165) is 0 Å². The largest absolute Gasteiger partial charge is 0.448 e. The smallest absolute Gasteiger partial charge is 0.408 e. The molecule has 1 atom stereocenters. The number of hydrogen-bond donors (Lipinski definition) is 1. The number of nitrogens with one attached hydrogen (secondary N) is 1. The molecule has 20 heavy (non-hydrogen) atoms. The van der Waals surface area contributed by atoms with Crippen LogP contribution in [0.1, 0.15) is 25.8 Å². The van der Waals surface area contributed by atoms with Crippen molar-refractivity contribution in [2.45, 2.75) is 38.8 Å². The molecule has 112 valence electrons. The molecule has 0 saturated carbocycles. The molecule has 1 N–H and O–H groups in total. The summed E-state index contributed by atoms with van der Waals surface area (Å²) in [5, 5.41) is 4.96. The fourth-order valence-corrected chi connectivity index (χ4v) is 2.10. The van der Waals surface area contributed by atoms with Gasteiger partial charge in [-0.25, -0.2) is 14.6 Å². The van der Waals surface area contributed by atoms with E-state index in [1.54, 1.807) is 32.3 Å². The Labute approximate surface area is 126 Å². The van der Waals surface area contributed by atoms with Crippen LogP contribution in [0, 0.1) is 0 Å². The molecule has 1 heterocycles. The number of alkyl halides is 1. The minimum Gasteiger partial charge on any atom is -0.448 e. The van der Waals surface area contributed by atoms with Crippen LogP contribution in [0.4, 0.5) is 4.79 Å². The van der Waals surface area contributed by atoms with Crippen LogP contribution in [0.15, 0.2) is 11.6 Å². The highest BCUT2D eigenvalue weighted by Crippen LogP contribution is 2.11. The molecule has 0 bridgehead atoms. The molecule has 0 aliphatic rings. The molecule has 1 amide bonds. The van der Waals surface area contributed by atoms with Gasteiger partial charge in [-0.3, -0.25) is 0 Å². The number of nitrogens with zero attached hydrogens (tertiary/aromatic N) is 1. The van der Waals surface area contributed by atoms with Crippen molar-refractivity contribution in [2.75, 3.05) is 6.07 Å². The van der Waals surface area contributed by atoms with Gasteiger partial charge in [-0.15, -0.1) is 11.3 Å². The average molecular weight is 321 g/mol. The van der Waals surface area contributed by atoms with Gasteiger partial charge in [-0.1, -0.05) is 11.6 Å². The Bertz CT molecular complexity index is 445. The minimum absolute atomic E-state index is 0.229. The Morgan fingerprint density at radius 3 is 2.70 bits per heavy atom. The number of amides is 1. The zero-order chi connectivity index (χ0) is 15.2. The second-order valence-corrected chi connectivity index (χ2v) is 6.10. The first-order valence-electron chi connectivity index (χ1n) is 5.92. The molecule has 0 radical (unpaired) electrons. The van der Waals surface area contributed by atoms with Crippen molar-refractivity contribution < 1.29 is 19.1 Å². The van der Waals surface area contributed by atoms with Crippen molar-refractivity contribution in [2.24, 2.45) is 0 Å². The van der Waals surface area contributed by atoms with E-state index in [1.165, 1.54) is 11.3 Å². The number of esters is 1. The third-order valence-electron chi connectivity index (χ3n) is 2.03. The lowest BCUT2D eigenvalue weighted by Gasteiger charge is -2.22. The number of carbonyl (C=O) groups excluding carboxylic acids is 2. The van der Waals surface area contributed by atoms with E-state index >= 15 is 0 Å². The summed E-state index contributed by atoms with van der Waals surface area (Å²) in [4.78, 5) is 27.6. The Balaban J connectivity index is 2.67. The highest BCUT2D eigenvalue weighted by molar-refractivity contribution is 7.09. The minimum atomic E-state index is -0.880. The van der Waals surface area contributed by atoms with E-state index in [9.17, 15) is 9.59 Å². The number of hydrogen-bond acceptors (Lipinski definition) is 6. The van der Waals surface area contributed by atoms with Crippen LogP contribution in [0.2, 0.25) is 0 Å². The first-order valence-corrected chi connectivity index (χ1v) is 7.33. The molecule has 1 rings (SSSR count). The molecule has 1 aromatic rings. The quantitative estimate of drug-likeness (QED) is 0.665. The second kappa shape index (κ2) is 7.44. The molecule has 1 unspecified atom stereocenters. The summed E-state index contributed by atoms with van der Waals surface area (Å²) in [6, 6.07) is -1.15. The first-order chi connectivity index (χ1) is 9.31. The van der Waals surface area contributed by atoms with Crippen molar-refractivity contribution in [3.63, 3.8) is 0 Å². The number of halogens is 1. The molecule has 0 saturated heterocycles. The van der Waals surface area contributed by atoms with Crippen LogP contribution >= 0.6 is 22.9 Å². The zero-order valence-corrected chi connectivity index (χ0v) is 13.1. The van der Waals surface area contributed by atoms with Gasteiger partial charge in [0.15, 0.2) is 6.07 Å². The summed E-state index contributed by atoms with van der Waals surface area (Å²) < 4.78 is 9.82. The zero-order valence-electron chi connectivity index (χ0n) is 11.5. The highest BCUT2D eigenvalue weighted by atomic mass is 35.5. The summed E-state index contributed by atoms with van der Waals surface area (Å²) in [5.74, 6) is -0.624. The molecular formula is C12H17ClN2O4S. The van der Waals surface area contributed by atoms with Crippen molar-refractivity contribution in [3.05, 3.63) is 16.6 Å². The number of rotatable bonds is 5. The first kappa shape index (κ1) is 16.7. The van der Waals surface area contributed by atoms with Crippen LogP contribution in [0.25, 0.3) is 0 Å². The normalized spacial score (nSPS) is 12.6. The van der Waals surface area contributed by atoms with Gasteiger partial charge in [0, 0.05) is 18.0 Å². The van der Waals surface area contributed by atoms with Crippen molar-refractivity contribution >= 4 is 35.0 Å². The average Bonchev–Trinajstić information content (AvgIpc) is 2.78. The van der Waals surface area contributed by atoms with E-state index in [1.807, 2.05) is 0 Å². The van der Waals surface area contributed by atoms with Gasteiger partial charge in [0.1, 0.15) is 11.6 Å². The van der Waals surface area contributed by atoms with Crippen molar-refractivity contribution in [1.82, 2.24) is 10.3 Å². The standard InChI is InChI=1S/C12H17ClN2O4S/c1-12(2,3)19-11(17)15-8(10(16)18-7-13)6-9-14-4-5-20-9/h4-5,8H,6-7H2,1-3H3,(H,15,17). The van der Waals surface area contributed by atoms with Crippen LogP contribution in [-0.2, 0) is 20.7 Å². The fourth-order valence-electron chi connectivity index (χ4n) is 1.33. The molecule has 6 nitrogen and oxygen atoms in total. The van der Waals surface area contributed by atoms with Gasteiger partial charge in [0.2, 0.25) is 0 Å². The lowest BCUT2D eigenvalue weighted by atomic mass is 10.2. The second-order valence-electron chi connectivity index (χ2n) is 4.90. The van der Waals surface area contributed by atoms with E-state index in [-0.39, 0.29) is 12.5 Å². The maximum absolute atomic E-state index is 11.8. The molecule has 0 fully saturated rings. The third-order valence-corrected chi connectivity index (χ3v) is 2.95. The maximum Gasteiger partial charge on any atom is 0.408 e. The number of thiazole rings is 1. The summed E-state index contributed by atoms with van der Waals surface area (Å²) in [6.45, 7) is 5.21. The van der Waals surface area contributed by atoms with Gasteiger partial charge in [-0.05, 0) is 20.8 Å². The number of aromatic nitrogens is 1. The summed E-state index contributed by atoms with van der Waals surface area (Å²) >= 11 is 6.75. The lowest BCUT2D eigenvalue weighted by molar-refractivity contribution is -0.144.